The van der Waals surface area contributed by atoms with Crippen molar-refractivity contribution in [1.82, 2.24) is 0 Å². The molecule has 0 aliphatic carbocycles. The molecule has 10 nitrogen and oxygen atoms in total. The Balaban J connectivity index is 1.93. The van der Waals surface area contributed by atoms with Crippen molar-refractivity contribution in [3.05, 3.63) is 101 Å². The molecule has 2 amide bonds. The lowest BCUT2D eigenvalue weighted by atomic mass is 10.0. The summed E-state index contributed by atoms with van der Waals surface area (Å²) in [5.41, 5.74) is 1.03. The number of anilines is 2. The van der Waals surface area contributed by atoms with E-state index in [1.807, 2.05) is 0 Å². The van der Waals surface area contributed by atoms with Crippen molar-refractivity contribution in [2.45, 2.75) is 13.8 Å². The third kappa shape index (κ3) is 5.30. The fourth-order valence-corrected chi connectivity index (χ4v) is 3.43. The summed E-state index contributed by atoms with van der Waals surface area (Å²) in [5, 5.41) is 27.2. The highest BCUT2D eigenvalue weighted by atomic mass is 35.5. The third-order valence-corrected chi connectivity index (χ3v) is 5.61. The number of benzene rings is 3. The van der Waals surface area contributed by atoms with Gasteiger partial charge in [-0.25, -0.2) is 0 Å². The van der Waals surface area contributed by atoms with Crippen LogP contribution in [0.25, 0.3) is 0 Å². The SMILES string of the molecule is Cc1cc([N+](=O)[O-])ccc1NC(=O)c1cc(Cl)c(Cl)cc1C(=O)Nc1ccc([N+](=O)[O-])cc1C. The van der Waals surface area contributed by atoms with Crippen LogP contribution < -0.4 is 10.6 Å². The van der Waals surface area contributed by atoms with Crippen LogP contribution in [0.5, 0.6) is 0 Å². The lowest BCUT2D eigenvalue weighted by Crippen LogP contribution is -2.21. The maximum atomic E-state index is 13.0. The van der Waals surface area contributed by atoms with E-state index in [0.29, 0.717) is 22.5 Å². The highest BCUT2D eigenvalue weighted by molar-refractivity contribution is 6.42. The summed E-state index contributed by atoms with van der Waals surface area (Å²) in [5.74, 6) is -1.39. The topological polar surface area (TPSA) is 144 Å². The molecule has 2 N–H and O–H groups in total. The molecule has 34 heavy (non-hydrogen) atoms. The number of amides is 2. The molecule has 174 valence electrons. The zero-order chi connectivity index (χ0) is 25.2. The first-order valence-corrected chi connectivity index (χ1v) is 10.4. The van der Waals surface area contributed by atoms with E-state index in [2.05, 4.69) is 10.6 Å². The second kappa shape index (κ2) is 9.86. The van der Waals surface area contributed by atoms with Gasteiger partial charge in [0, 0.05) is 35.6 Å². The molecular weight excluding hydrogens is 487 g/mol. The number of hydrogen-bond donors (Lipinski definition) is 2. The molecule has 3 rings (SSSR count). The molecule has 3 aromatic rings. The highest BCUT2D eigenvalue weighted by Crippen LogP contribution is 2.29. The van der Waals surface area contributed by atoms with Gasteiger partial charge in [0.05, 0.1) is 31.0 Å². The van der Waals surface area contributed by atoms with Gasteiger partial charge in [0.1, 0.15) is 0 Å². The minimum atomic E-state index is -0.693. The highest BCUT2D eigenvalue weighted by Gasteiger charge is 2.22. The fraction of sp³-hybridized carbons (Fsp3) is 0.0909. The van der Waals surface area contributed by atoms with Gasteiger partial charge in [0.15, 0.2) is 0 Å². The molecule has 0 saturated carbocycles. The molecule has 12 heteroatoms. The van der Waals surface area contributed by atoms with Crippen LogP contribution in [0, 0.1) is 34.1 Å². The first kappa shape index (κ1) is 24.6. The summed E-state index contributed by atoms with van der Waals surface area (Å²) in [6.45, 7) is 3.17. The Labute approximate surface area is 202 Å². The largest absolute Gasteiger partial charge is 0.322 e. The average molecular weight is 503 g/mol. The van der Waals surface area contributed by atoms with Crippen molar-refractivity contribution in [1.29, 1.82) is 0 Å². The first-order chi connectivity index (χ1) is 16.0. The molecule has 0 fully saturated rings. The van der Waals surface area contributed by atoms with E-state index in [1.54, 1.807) is 13.8 Å². The summed E-state index contributed by atoms with van der Waals surface area (Å²) >= 11 is 12.1. The number of nitro benzene ring substituents is 2. The Morgan fingerprint density at radius 3 is 1.35 bits per heavy atom. The Hall–Kier alpha value is -4.02. The molecule has 0 aliphatic rings. The van der Waals surface area contributed by atoms with Crippen LogP contribution in [-0.4, -0.2) is 21.7 Å². The van der Waals surface area contributed by atoms with Gasteiger partial charge < -0.3 is 10.6 Å². The van der Waals surface area contributed by atoms with E-state index in [-0.39, 0.29) is 32.5 Å². The van der Waals surface area contributed by atoms with Crippen molar-refractivity contribution in [2.75, 3.05) is 10.6 Å². The van der Waals surface area contributed by atoms with Crippen LogP contribution in [0.1, 0.15) is 31.8 Å². The van der Waals surface area contributed by atoms with E-state index in [9.17, 15) is 29.8 Å². The smallest absolute Gasteiger partial charge is 0.269 e. The maximum absolute atomic E-state index is 13.0. The van der Waals surface area contributed by atoms with Gasteiger partial charge in [-0.3, -0.25) is 29.8 Å². The molecule has 0 aromatic heterocycles. The molecule has 0 atom stereocenters. The second-order valence-electron chi connectivity index (χ2n) is 7.23. The predicted molar refractivity (Wildman–Crippen MR) is 128 cm³/mol. The van der Waals surface area contributed by atoms with Crippen LogP contribution >= 0.6 is 23.2 Å². The Morgan fingerprint density at radius 2 is 1.06 bits per heavy atom. The zero-order valence-electron chi connectivity index (χ0n) is 17.7. The molecule has 0 spiro atoms. The molecular formula is C22H16Cl2N4O6. The van der Waals surface area contributed by atoms with Crippen molar-refractivity contribution in [2.24, 2.45) is 0 Å². The minimum absolute atomic E-state index is 0.0373. The van der Waals surface area contributed by atoms with Gasteiger partial charge in [0.25, 0.3) is 23.2 Å². The normalized spacial score (nSPS) is 10.5. The number of nitrogens with one attached hydrogen (secondary N) is 2. The molecule has 0 bridgehead atoms. The Bertz CT molecular complexity index is 1260. The quantitative estimate of drug-likeness (QED) is 0.315. The van der Waals surface area contributed by atoms with Gasteiger partial charge in [-0.2, -0.15) is 0 Å². The lowest BCUT2D eigenvalue weighted by Gasteiger charge is -2.14. The van der Waals surface area contributed by atoms with Crippen molar-refractivity contribution in [3.63, 3.8) is 0 Å². The summed E-state index contributed by atoms with van der Waals surface area (Å²) < 4.78 is 0. The number of carbonyl (C=O) groups is 2. The summed E-state index contributed by atoms with van der Waals surface area (Å²) in [6.07, 6.45) is 0. The van der Waals surface area contributed by atoms with Crippen LogP contribution in [0.4, 0.5) is 22.7 Å². The van der Waals surface area contributed by atoms with Gasteiger partial charge in [0.2, 0.25) is 0 Å². The number of nitro groups is 2. The number of nitrogens with zero attached hydrogens (tertiary/aromatic N) is 2. The van der Waals surface area contributed by atoms with E-state index in [0.717, 1.165) is 0 Å². The molecule has 3 aromatic carbocycles. The fourth-order valence-electron chi connectivity index (χ4n) is 3.11. The second-order valence-corrected chi connectivity index (χ2v) is 8.05. The minimum Gasteiger partial charge on any atom is -0.322 e. The third-order valence-electron chi connectivity index (χ3n) is 4.89. The first-order valence-electron chi connectivity index (χ1n) is 9.59. The van der Waals surface area contributed by atoms with E-state index in [1.165, 1.54) is 48.5 Å². The molecule has 0 heterocycles. The number of halogens is 2. The van der Waals surface area contributed by atoms with Gasteiger partial charge in [-0.05, 0) is 49.2 Å². The van der Waals surface area contributed by atoms with E-state index >= 15 is 0 Å². The van der Waals surface area contributed by atoms with Gasteiger partial charge in [-0.1, -0.05) is 23.2 Å². The summed E-state index contributed by atoms with van der Waals surface area (Å²) in [7, 11) is 0. The number of carbonyl (C=O) groups excluding carboxylic acids is 2. The summed E-state index contributed by atoms with van der Waals surface area (Å²) in [4.78, 5) is 46.8. The van der Waals surface area contributed by atoms with Crippen LogP contribution in [0.15, 0.2) is 48.5 Å². The molecule has 0 unspecified atom stereocenters. The van der Waals surface area contributed by atoms with Crippen LogP contribution in [0.2, 0.25) is 10.0 Å². The van der Waals surface area contributed by atoms with Crippen molar-refractivity contribution in [3.8, 4) is 0 Å². The monoisotopic (exact) mass is 502 g/mol. The Morgan fingerprint density at radius 1 is 0.706 bits per heavy atom. The molecule has 0 aliphatic heterocycles. The molecule has 0 radical (unpaired) electrons. The maximum Gasteiger partial charge on any atom is 0.269 e. The van der Waals surface area contributed by atoms with Crippen molar-refractivity contribution >= 4 is 57.8 Å². The number of rotatable bonds is 6. The number of hydrogen-bond acceptors (Lipinski definition) is 6. The Kier molecular flexibility index (Phi) is 7.14. The summed E-state index contributed by atoms with van der Waals surface area (Å²) in [6, 6.07) is 10.3. The predicted octanol–water partition coefficient (Wildman–Crippen LogP) is 5.93. The van der Waals surface area contributed by atoms with E-state index in [4.69, 9.17) is 23.2 Å². The zero-order valence-corrected chi connectivity index (χ0v) is 19.2. The van der Waals surface area contributed by atoms with E-state index < -0.39 is 21.7 Å². The van der Waals surface area contributed by atoms with Crippen molar-refractivity contribution < 1.29 is 19.4 Å². The number of non-ortho nitro benzene ring substituents is 2. The van der Waals surface area contributed by atoms with Crippen LogP contribution in [0.3, 0.4) is 0 Å². The molecule has 0 saturated heterocycles. The van der Waals surface area contributed by atoms with Gasteiger partial charge >= 0.3 is 0 Å². The lowest BCUT2D eigenvalue weighted by molar-refractivity contribution is -0.385. The van der Waals surface area contributed by atoms with Crippen LogP contribution in [-0.2, 0) is 0 Å². The standard InChI is InChI=1S/C22H16Cl2N4O6/c1-11-7-13(27(31)32)3-5-19(11)25-21(29)15-9-17(23)18(24)10-16(15)22(30)26-20-6-4-14(28(33)34)8-12(20)2/h3-10H,1-2H3,(H,25,29)(H,26,30). The average Bonchev–Trinajstić information content (AvgIpc) is 2.77. The van der Waals surface area contributed by atoms with Gasteiger partial charge in [-0.15, -0.1) is 0 Å². The number of aryl methyl sites for hydroxylation is 2.